The number of benzene rings is 1. The van der Waals surface area contributed by atoms with Gasteiger partial charge in [0.15, 0.2) is 0 Å². The van der Waals surface area contributed by atoms with E-state index in [4.69, 9.17) is 28.9 Å². The average Bonchev–Trinajstić information content (AvgIpc) is 2.20. The highest BCUT2D eigenvalue weighted by Gasteiger charge is 2.04. The minimum Gasteiger partial charge on any atom is -0.330 e. The SMILES string of the molecule is CN(CCCN)Cc1cc(Cl)ccc1Cl. The van der Waals surface area contributed by atoms with Gasteiger partial charge in [-0.15, -0.1) is 0 Å². The number of halogens is 2. The molecular formula is C11H16Cl2N2. The third-order valence-corrected chi connectivity index (χ3v) is 2.80. The predicted octanol–water partition coefficient (Wildman–Crippen LogP) is 2.77. The summed E-state index contributed by atoms with van der Waals surface area (Å²) >= 11 is 12.0. The van der Waals surface area contributed by atoms with Crippen LogP contribution in [-0.2, 0) is 6.54 Å². The zero-order chi connectivity index (χ0) is 11.3. The molecule has 0 aromatic heterocycles. The van der Waals surface area contributed by atoms with Crippen molar-refractivity contribution in [2.75, 3.05) is 20.1 Å². The molecule has 0 aliphatic heterocycles. The van der Waals surface area contributed by atoms with E-state index in [-0.39, 0.29) is 0 Å². The lowest BCUT2D eigenvalue weighted by molar-refractivity contribution is 0.324. The fourth-order valence-corrected chi connectivity index (χ4v) is 1.77. The van der Waals surface area contributed by atoms with E-state index < -0.39 is 0 Å². The zero-order valence-electron chi connectivity index (χ0n) is 8.84. The largest absolute Gasteiger partial charge is 0.330 e. The topological polar surface area (TPSA) is 29.3 Å². The van der Waals surface area contributed by atoms with Crippen molar-refractivity contribution < 1.29 is 0 Å². The van der Waals surface area contributed by atoms with Crippen LogP contribution in [0.3, 0.4) is 0 Å². The summed E-state index contributed by atoms with van der Waals surface area (Å²) in [5, 5.41) is 1.49. The molecule has 0 bridgehead atoms. The standard InChI is InChI=1S/C11H16Cl2N2/c1-15(6-2-5-14)8-9-7-10(12)3-4-11(9)13/h3-4,7H,2,5-6,8,14H2,1H3. The van der Waals surface area contributed by atoms with Crippen molar-refractivity contribution >= 4 is 23.2 Å². The molecule has 4 heteroatoms. The molecule has 0 unspecified atom stereocenters. The molecule has 0 heterocycles. The van der Waals surface area contributed by atoms with Crippen LogP contribution >= 0.6 is 23.2 Å². The van der Waals surface area contributed by atoms with Gasteiger partial charge in [0.1, 0.15) is 0 Å². The summed E-state index contributed by atoms with van der Waals surface area (Å²) in [6, 6.07) is 5.53. The molecule has 0 amide bonds. The Bertz CT molecular complexity index is 315. The first-order valence-corrected chi connectivity index (χ1v) is 5.71. The van der Waals surface area contributed by atoms with Crippen LogP contribution in [0.2, 0.25) is 10.0 Å². The summed E-state index contributed by atoms with van der Waals surface area (Å²) in [5.74, 6) is 0. The molecule has 0 aliphatic rings. The summed E-state index contributed by atoms with van der Waals surface area (Å²) in [7, 11) is 2.05. The van der Waals surface area contributed by atoms with Crippen molar-refractivity contribution in [1.82, 2.24) is 4.90 Å². The van der Waals surface area contributed by atoms with Gasteiger partial charge in [0.25, 0.3) is 0 Å². The van der Waals surface area contributed by atoms with Gasteiger partial charge < -0.3 is 10.6 Å². The number of nitrogens with zero attached hydrogens (tertiary/aromatic N) is 1. The minimum absolute atomic E-state index is 0.716. The number of hydrogen-bond donors (Lipinski definition) is 1. The molecule has 0 spiro atoms. The van der Waals surface area contributed by atoms with Gasteiger partial charge in [0, 0.05) is 16.6 Å². The Labute approximate surface area is 101 Å². The van der Waals surface area contributed by atoms with E-state index in [1.54, 1.807) is 6.07 Å². The number of rotatable bonds is 5. The van der Waals surface area contributed by atoms with Crippen molar-refractivity contribution in [3.63, 3.8) is 0 Å². The van der Waals surface area contributed by atoms with Gasteiger partial charge in [0.05, 0.1) is 0 Å². The summed E-state index contributed by atoms with van der Waals surface area (Å²) in [4.78, 5) is 2.18. The van der Waals surface area contributed by atoms with E-state index in [9.17, 15) is 0 Å². The molecule has 0 fully saturated rings. The first-order valence-electron chi connectivity index (χ1n) is 4.96. The van der Waals surface area contributed by atoms with Crippen LogP contribution in [0.1, 0.15) is 12.0 Å². The Hall–Kier alpha value is -0.280. The molecular weight excluding hydrogens is 231 g/mol. The lowest BCUT2D eigenvalue weighted by atomic mass is 10.2. The monoisotopic (exact) mass is 246 g/mol. The molecule has 0 saturated heterocycles. The lowest BCUT2D eigenvalue weighted by Crippen LogP contribution is -2.21. The van der Waals surface area contributed by atoms with Crippen LogP contribution in [0.15, 0.2) is 18.2 Å². The Kier molecular flexibility index (Phi) is 5.40. The van der Waals surface area contributed by atoms with E-state index in [0.717, 1.165) is 35.1 Å². The molecule has 1 rings (SSSR count). The van der Waals surface area contributed by atoms with Crippen molar-refractivity contribution in [1.29, 1.82) is 0 Å². The minimum atomic E-state index is 0.716. The smallest absolute Gasteiger partial charge is 0.0452 e. The van der Waals surface area contributed by atoms with Crippen LogP contribution in [0.4, 0.5) is 0 Å². The van der Waals surface area contributed by atoms with E-state index in [1.165, 1.54) is 0 Å². The fourth-order valence-electron chi connectivity index (χ4n) is 1.40. The number of hydrogen-bond acceptors (Lipinski definition) is 2. The molecule has 2 N–H and O–H groups in total. The van der Waals surface area contributed by atoms with E-state index >= 15 is 0 Å². The first kappa shape index (κ1) is 12.8. The Balaban J connectivity index is 2.59. The normalized spacial score (nSPS) is 11.0. The van der Waals surface area contributed by atoms with Crippen LogP contribution in [0.5, 0.6) is 0 Å². The molecule has 2 nitrogen and oxygen atoms in total. The Morgan fingerprint density at radius 2 is 2.07 bits per heavy atom. The molecule has 1 aromatic carbocycles. The fraction of sp³-hybridized carbons (Fsp3) is 0.455. The molecule has 1 aromatic rings. The second-order valence-corrected chi connectivity index (χ2v) is 4.46. The molecule has 0 saturated carbocycles. The van der Waals surface area contributed by atoms with E-state index in [0.29, 0.717) is 6.54 Å². The maximum absolute atomic E-state index is 6.06. The van der Waals surface area contributed by atoms with Crippen molar-refractivity contribution in [3.05, 3.63) is 33.8 Å². The average molecular weight is 247 g/mol. The molecule has 0 radical (unpaired) electrons. The van der Waals surface area contributed by atoms with Crippen molar-refractivity contribution in [2.45, 2.75) is 13.0 Å². The summed E-state index contributed by atoms with van der Waals surface area (Å²) in [5.41, 5.74) is 6.51. The molecule has 0 atom stereocenters. The summed E-state index contributed by atoms with van der Waals surface area (Å²) < 4.78 is 0. The van der Waals surface area contributed by atoms with Crippen LogP contribution in [-0.4, -0.2) is 25.0 Å². The Morgan fingerprint density at radius 1 is 1.33 bits per heavy atom. The maximum atomic E-state index is 6.06. The predicted molar refractivity (Wildman–Crippen MR) is 66.5 cm³/mol. The van der Waals surface area contributed by atoms with Gasteiger partial charge in [-0.3, -0.25) is 0 Å². The van der Waals surface area contributed by atoms with Gasteiger partial charge in [-0.25, -0.2) is 0 Å². The lowest BCUT2D eigenvalue weighted by Gasteiger charge is -2.17. The highest BCUT2D eigenvalue weighted by molar-refractivity contribution is 6.33. The first-order chi connectivity index (χ1) is 7.13. The summed E-state index contributed by atoms with van der Waals surface area (Å²) in [6.45, 7) is 2.49. The summed E-state index contributed by atoms with van der Waals surface area (Å²) in [6.07, 6.45) is 0.995. The second kappa shape index (κ2) is 6.33. The van der Waals surface area contributed by atoms with Crippen molar-refractivity contribution in [2.24, 2.45) is 5.73 Å². The zero-order valence-corrected chi connectivity index (χ0v) is 10.4. The van der Waals surface area contributed by atoms with Gasteiger partial charge in [-0.2, -0.15) is 0 Å². The quantitative estimate of drug-likeness (QED) is 0.866. The number of nitrogens with two attached hydrogens (primary N) is 1. The van der Waals surface area contributed by atoms with E-state index in [2.05, 4.69) is 4.90 Å². The molecule has 84 valence electrons. The van der Waals surface area contributed by atoms with Gasteiger partial charge in [0.2, 0.25) is 0 Å². The maximum Gasteiger partial charge on any atom is 0.0452 e. The van der Waals surface area contributed by atoms with Crippen LogP contribution < -0.4 is 5.73 Å². The third-order valence-electron chi connectivity index (χ3n) is 2.19. The highest BCUT2D eigenvalue weighted by Crippen LogP contribution is 2.21. The molecule has 15 heavy (non-hydrogen) atoms. The molecule has 0 aliphatic carbocycles. The van der Waals surface area contributed by atoms with E-state index in [1.807, 2.05) is 19.2 Å². The van der Waals surface area contributed by atoms with Gasteiger partial charge >= 0.3 is 0 Å². The second-order valence-electron chi connectivity index (χ2n) is 3.62. The highest BCUT2D eigenvalue weighted by atomic mass is 35.5. The van der Waals surface area contributed by atoms with Crippen molar-refractivity contribution in [3.8, 4) is 0 Å². The third kappa shape index (κ3) is 4.39. The van der Waals surface area contributed by atoms with Crippen LogP contribution in [0, 0.1) is 0 Å². The van der Waals surface area contributed by atoms with Gasteiger partial charge in [-0.1, -0.05) is 23.2 Å². The Morgan fingerprint density at radius 3 is 2.73 bits per heavy atom. The van der Waals surface area contributed by atoms with Gasteiger partial charge in [-0.05, 0) is 50.3 Å². The van der Waals surface area contributed by atoms with Crippen LogP contribution in [0.25, 0.3) is 0 Å².